The second-order valence-corrected chi connectivity index (χ2v) is 7.96. The van der Waals surface area contributed by atoms with E-state index in [1.807, 2.05) is 0 Å². The van der Waals surface area contributed by atoms with Crippen LogP contribution in [0.5, 0.6) is 0 Å². The highest BCUT2D eigenvalue weighted by molar-refractivity contribution is 7.15. The summed E-state index contributed by atoms with van der Waals surface area (Å²) in [7, 11) is 0. The van der Waals surface area contributed by atoms with Crippen LogP contribution in [0.2, 0.25) is 0 Å². The van der Waals surface area contributed by atoms with Crippen molar-refractivity contribution < 1.29 is 4.79 Å². The van der Waals surface area contributed by atoms with Gasteiger partial charge in [0.05, 0.1) is 0 Å². The third-order valence-corrected chi connectivity index (χ3v) is 5.27. The van der Waals surface area contributed by atoms with Crippen molar-refractivity contribution in [2.24, 2.45) is 11.8 Å². The average Bonchev–Trinajstić information content (AvgIpc) is 2.88. The topological polar surface area (TPSA) is 66.9 Å². The van der Waals surface area contributed by atoms with Crippen molar-refractivity contribution in [2.45, 2.75) is 52.4 Å². The number of nitrogens with one attached hydrogen (secondary N) is 2. The molecule has 1 aliphatic heterocycles. The Hall–Kier alpha value is -1.01. The second kappa shape index (κ2) is 6.83. The van der Waals surface area contributed by atoms with Gasteiger partial charge in [-0.1, -0.05) is 39.0 Å². The first-order valence-corrected chi connectivity index (χ1v) is 8.52. The third kappa shape index (κ3) is 4.74. The summed E-state index contributed by atoms with van der Waals surface area (Å²) in [5, 5.41) is 16.0. The molecule has 1 unspecified atom stereocenters. The molecular weight excluding hydrogens is 284 g/mol. The zero-order valence-corrected chi connectivity index (χ0v) is 14.2. The van der Waals surface area contributed by atoms with Crippen LogP contribution in [0, 0.1) is 11.8 Å². The van der Waals surface area contributed by atoms with Crippen LogP contribution in [0.25, 0.3) is 0 Å². The first kappa shape index (κ1) is 16.4. The Morgan fingerprint density at radius 2 is 2.05 bits per heavy atom. The van der Waals surface area contributed by atoms with Gasteiger partial charge in [0.2, 0.25) is 11.0 Å². The summed E-state index contributed by atoms with van der Waals surface area (Å²) in [4.78, 5) is 12.1. The first-order chi connectivity index (χ1) is 9.86. The highest BCUT2D eigenvalue weighted by atomic mass is 32.1. The summed E-state index contributed by atoms with van der Waals surface area (Å²) in [5.41, 5.74) is -0.0248. The van der Waals surface area contributed by atoms with Gasteiger partial charge in [0.1, 0.15) is 5.01 Å². The van der Waals surface area contributed by atoms with Crippen molar-refractivity contribution in [3.05, 3.63) is 5.01 Å². The van der Waals surface area contributed by atoms with Crippen LogP contribution in [0.4, 0.5) is 5.13 Å². The van der Waals surface area contributed by atoms with Gasteiger partial charge in [-0.25, -0.2) is 0 Å². The van der Waals surface area contributed by atoms with Gasteiger partial charge in [-0.05, 0) is 37.8 Å². The summed E-state index contributed by atoms with van der Waals surface area (Å²) in [6.45, 7) is 10.6. The number of aromatic nitrogens is 2. The molecule has 6 heteroatoms. The van der Waals surface area contributed by atoms with Crippen molar-refractivity contribution in [1.82, 2.24) is 15.5 Å². The van der Waals surface area contributed by atoms with Gasteiger partial charge >= 0.3 is 0 Å². The van der Waals surface area contributed by atoms with Gasteiger partial charge in [-0.2, -0.15) is 0 Å². The molecule has 0 radical (unpaired) electrons. The molecule has 118 valence electrons. The molecule has 2 heterocycles. The highest BCUT2D eigenvalue weighted by Gasteiger charge is 2.23. The van der Waals surface area contributed by atoms with Crippen molar-refractivity contribution in [1.29, 1.82) is 0 Å². The quantitative estimate of drug-likeness (QED) is 0.897. The molecule has 21 heavy (non-hydrogen) atoms. The zero-order chi connectivity index (χ0) is 15.5. The molecule has 1 amide bonds. The van der Waals surface area contributed by atoms with Crippen LogP contribution in [0.3, 0.4) is 0 Å². The number of hydrogen-bond acceptors (Lipinski definition) is 5. The number of carbonyl (C=O) groups excluding carboxylic acids is 1. The molecule has 1 aromatic heterocycles. The number of carbonyl (C=O) groups is 1. The van der Waals surface area contributed by atoms with E-state index in [2.05, 4.69) is 48.5 Å². The lowest BCUT2D eigenvalue weighted by atomic mass is 9.84. The van der Waals surface area contributed by atoms with Crippen molar-refractivity contribution in [3.8, 4) is 0 Å². The van der Waals surface area contributed by atoms with Crippen molar-refractivity contribution in [2.75, 3.05) is 18.4 Å². The summed E-state index contributed by atoms with van der Waals surface area (Å²) in [6.07, 6.45) is 2.90. The smallest absolute Gasteiger partial charge is 0.226 e. The number of nitrogens with zero attached hydrogens (tertiary/aromatic N) is 2. The van der Waals surface area contributed by atoms with E-state index in [-0.39, 0.29) is 11.3 Å². The maximum Gasteiger partial charge on any atom is 0.226 e. The van der Waals surface area contributed by atoms with Gasteiger partial charge in [0.25, 0.3) is 0 Å². The molecule has 1 aromatic rings. The van der Waals surface area contributed by atoms with E-state index >= 15 is 0 Å². The Labute approximate surface area is 130 Å². The molecule has 0 spiro atoms. The fourth-order valence-corrected chi connectivity index (χ4v) is 3.44. The number of hydrogen-bond donors (Lipinski definition) is 2. The fourth-order valence-electron chi connectivity index (χ4n) is 2.62. The lowest BCUT2D eigenvalue weighted by molar-refractivity contribution is -0.117. The fraction of sp³-hybridized carbons (Fsp3) is 0.800. The normalized spacial score (nSPS) is 18.5. The molecule has 1 fully saturated rings. The van der Waals surface area contributed by atoms with E-state index < -0.39 is 0 Å². The van der Waals surface area contributed by atoms with Crippen LogP contribution in [-0.2, 0) is 10.2 Å². The van der Waals surface area contributed by atoms with E-state index in [4.69, 9.17) is 0 Å². The first-order valence-electron chi connectivity index (χ1n) is 7.71. The van der Waals surface area contributed by atoms with Crippen LogP contribution in [0.1, 0.15) is 52.0 Å². The van der Waals surface area contributed by atoms with E-state index in [1.54, 1.807) is 0 Å². The summed E-state index contributed by atoms with van der Waals surface area (Å²) < 4.78 is 0. The van der Waals surface area contributed by atoms with Gasteiger partial charge in [-0.3, -0.25) is 4.79 Å². The second-order valence-electron chi connectivity index (χ2n) is 6.98. The van der Waals surface area contributed by atoms with Crippen LogP contribution in [0.15, 0.2) is 0 Å². The largest absolute Gasteiger partial charge is 0.317 e. The SMILES string of the molecule is CC(CC(=O)Nc1nnc(C(C)(C)C)s1)C1CCNCC1. The van der Waals surface area contributed by atoms with Gasteiger partial charge in [-0.15, -0.1) is 10.2 Å². The molecule has 2 rings (SSSR count). The minimum absolute atomic E-state index is 0.0248. The standard InChI is InChI=1S/C15H26N4OS/c1-10(11-5-7-16-8-6-11)9-12(20)17-14-19-18-13(21-14)15(2,3)4/h10-11,16H,5-9H2,1-4H3,(H,17,19,20). The number of rotatable bonds is 4. The predicted octanol–water partition coefficient (Wildman–Crippen LogP) is 2.80. The molecule has 0 saturated carbocycles. The van der Waals surface area contributed by atoms with E-state index in [1.165, 1.54) is 24.2 Å². The molecule has 5 nitrogen and oxygen atoms in total. The molecule has 1 saturated heterocycles. The Balaban J connectivity index is 1.85. The summed E-state index contributed by atoms with van der Waals surface area (Å²) >= 11 is 1.47. The summed E-state index contributed by atoms with van der Waals surface area (Å²) in [6, 6.07) is 0. The zero-order valence-electron chi connectivity index (χ0n) is 13.4. The predicted molar refractivity (Wildman–Crippen MR) is 86.6 cm³/mol. The van der Waals surface area contributed by atoms with Gasteiger partial charge in [0.15, 0.2) is 0 Å². The number of amides is 1. The van der Waals surface area contributed by atoms with E-state index in [9.17, 15) is 4.79 Å². The van der Waals surface area contributed by atoms with Crippen LogP contribution < -0.4 is 10.6 Å². The Morgan fingerprint density at radius 1 is 1.38 bits per heavy atom. The van der Waals surface area contributed by atoms with Gasteiger partial charge < -0.3 is 10.6 Å². The Bertz CT molecular complexity index is 474. The Kier molecular flexibility index (Phi) is 5.32. The molecular formula is C15H26N4OS. The van der Waals surface area contributed by atoms with E-state index in [0.29, 0.717) is 23.4 Å². The minimum atomic E-state index is -0.0248. The molecule has 0 aromatic carbocycles. The lowest BCUT2D eigenvalue weighted by Crippen LogP contribution is -2.32. The third-order valence-electron chi connectivity index (χ3n) is 4.01. The minimum Gasteiger partial charge on any atom is -0.317 e. The highest BCUT2D eigenvalue weighted by Crippen LogP contribution is 2.28. The average molecular weight is 310 g/mol. The van der Waals surface area contributed by atoms with E-state index in [0.717, 1.165) is 18.1 Å². The van der Waals surface area contributed by atoms with Crippen molar-refractivity contribution in [3.63, 3.8) is 0 Å². The Morgan fingerprint density at radius 3 is 2.62 bits per heavy atom. The van der Waals surface area contributed by atoms with Crippen molar-refractivity contribution >= 4 is 22.4 Å². The van der Waals surface area contributed by atoms with Crippen LogP contribution >= 0.6 is 11.3 Å². The van der Waals surface area contributed by atoms with Crippen LogP contribution in [-0.4, -0.2) is 29.2 Å². The maximum atomic E-state index is 12.1. The molecule has 1 atom stereocenters. The summed E-state index contributed by atoms with van der Waals surface area (Å²) in [5.74, 6) is 1.12. The van der Waals surface area contributed by atoms with Gasteiger partial charge in [0, 0.05) is 11.8 Å². The molecule has 0 aliphatic carbocycles. The maximum absolute atomic E-state index is 12.1. The molecule has 2 N–H and O–H groups in total. The number of anilines is 1. The molecule has 1 aliphatic rings. The number of piperidine rings is 1. The lowest BCUT2D eigenvalue weighted by Gasteiger charge is -2.27. The molecule has 0 bridgehead atoms. The monoisotopic (exact) mass is 310 g/mol.